The Balaban J connectivity index is 1.45. The Labute approximate surface area is 234 Å². The lowest BCUT2D eigenvalue weighted by Gasteiger charge is -2.21. The highest BCUT2D eigenvalue weighted by molar-refractivity contribution is 9.10. The van der Waals surface area contributed by atoms with Gasteiger partial charge in [0, 0.05) is 16.0 Å². The molecule has 0 fully saturated rings. The molecule has 0 aromatic heterocycles. The maximum Gasteiger partial charge on any atom is 0.255 e. The van der Waals surface area contributed by atoms with Gasteiger partial charge < -0.3 is 4.74 Å². The second-order valence-electron chi connectivity index (χ2n) is 8.13. The van der Waals surface area contributed by atoms with E-state index in [1.807, 2.05) is 36.4 Å². The van der Waals surface area contributed by atoms with Gasteiger partial charge in [-0.15, -0.1) is 0 Å². The lowest BCUT2D eigenvalue weighted by atomic mass is 10.2. The number of ether oxygens (including phenoxy) is 1. The molecule has 4 aromatic rings. The quantitative estimate of drug-likeness (QED) is 0.170. The number of nitrogens with one attached hydrogen (secondary N) is 1. The number of nitrogens with zero attached hydrogens (tertiary/aromatic N) is 2. The molecule has 4 aromatic carbocycles. The molecule has 0 spiro atoms. The summed E-state index contributed by atoms with van der Waals surface area (Å²) in [4.78, 5) is 12.8. The Morgan fingerprint density at radius 2 is 1.61 bits per heavy atom. The van der Waals surface area contributed by atoms with E-state index in [1.54, 1.807) is 54.6 Å². The van der Waals surface area contributed by atoms with Gasteiger partial charge in [0.2, 0.25) is 10.0 Å². The molecule has 0 bridgehead atoms. The number of carbonyl (C=O) groups excluding carboxylic acids is 1. The molecule has 0 radical (unpaired) electrons. The van der Waals surface area contributed by atoms with Crippen molar-refractivity contribution in [2.75, 3.05) is 6.54 Å². The third-order valence-corrected chi connectivity index (χ3v) is 7.87. The molecule has 0 unspecified atom stereocenters. The fourth-order valence-electron chi connectivity index (χ4n) is 3.43. The number of rotatable bonds is 10. The number of benzene rings is 4. The first kappa shape index (κ1) is 27.5. The molecule has 0 aliphatic heterocycles. The summed E-state index contributed by atoms with van der Waals surface area (Å²) < 4.78 is 34.4. The lowest BCUT2D eigenvalue weighted by Crippen LogP contribution is -2.39. The number of para-hydroxylation sites is 1. The third-order valence-electron chi connectivity index (χ3n) is 5.28. The van der Waals surface area contributed by atoms with E-state index in [0.717, 1.165) is 8.78 Å². The van der Waals surface area contributed by atoms with Gasteiger partial charge in [-0.05, 0) is 71.8 Å². The molecule has 7 nitrogen and oxygen atoms in total. The van der Waals surface area contributed by atoms with Crippen molar-refractivity contribution >= 4 is 49.7 Å². The summed E-state index contributed by atoms with van der Waals surface area (Å²) in [5.74, 6) is 0.719. The molecular formula is C28H23BrClN3O4S. The monoisotopic (exact) mass is 611 g/mol. The van der Waals surface area contributed by atoms with E-state index >= 15 is 0 Å². The molecule has 0 aliphatic carbocycles. The van der Waals surface area contributed by atoms with Crippen LogP contribution in [0.2, 0.25) is 5.02 Å². The van der Waals surface area contributed by atoms with Crippen LogP contribution >= 0.6 is 27.5 Å². The summed E-state index contributed by atoms with van der Waals surface area (Å²) >= 11 is 9.28. The van der Waals surface area contributed by atoms with Crippen LogP contribution in [0.25, 0.3) is 0 Å². The van der Waals surface area contributed by atoms with E-state index < -0.39 is 22.5 Å². The van der Waals surface area contributed by atoms with Crippen molar-refractivity contribution in [2.24, 2.45) is 5.10 Å². The summed E-state index contributed by atoms with van der Waals surface area (Å²) in [6.07, 6.45) is 1.46. The van der Waals surface area contributed by atoms with Gasteiger partial charge >= 0.3 is 0 Å². The van der Waals surface area contributed by atoms with Crippen LogP contribution in [0, 0.1) is 0 Å². The first-order valence-electron chi connectivity index (χ1n) is 11.4. The largest absolute Gasteiger partial charge is 0.457 e. The molecule has 10 heteroatoms. The summed E-state index contributed by atoms with van der Waals surface area (Å²) in [7, 11) is -3.98. The normalized spacial score (nSPS) is 11.6. The number of hydrogen-bond donors (Lipinski definition) is 1. The van der Waals surface area contributed by atoms with Crippen molar-refractivity contribution in [3.8, 4) is 11.5 Å². The SMILES string of the molecule is O=C(CN(Cc1ccc(Cl)cc1)S(=O)(=O)c1ccc(Br)cc1)N/N=C\c1cccc(Oc2ccccc2)c1. The summed E-state index contributed by atoms with van der Waals surface area (Å²) in [6.45, 7) is -0.457. The lowest BCUT2D eigenvalue weighted by molar-refractivity contribution is -0.121. The maximum atomic E-state index is 13.4. The molecule has 1 N–H and O–H groups in total. The van der Waals surface area contributed by atoms with Gasteiger partial charge in [-0.3, -0.25) is 4.79 Å². The van der Waals surface area contributed by atoms with E-state index in [2.05, 4.69) is 26.5 Å². The fourth-order valence-corrected chi connectivity index (χ4v) is 5.21. The Hall–Kier alpha value is -3.50. The number of sulfonamides is 1. The average Bonchev–Trinajstić information content (AvgIpc) is 2.90. The highest BCUT2D eigenvalue weighted by Crippen LogP contribution is 2.22. The van der Waals surface area contributed by atoms with Gasteiger partial charge in [-0.1, -0.05) is 70.0 Å². The molecule has 0 heterocycles. The highest BCUT2D eigenvalue weighted by Gasteiger charge is 2.27. The van der Waals surface area contributed by atoms with Crippen LogP contribution in [0.15, 0.2) is 118 Å². The van der Waals surface area contributed by atoms with Gasteiger partial charge in [0.05, 0.1) is 17.7 Å². The molecule has 0 aliphatic rings. The standard InChI is InChI=1S/C28H23BrClN3O4S/c29-23-11-15-27(16-12-23)38(35,36)33(19-21-9-13-24(30)14-10-21)20-28(34)32-31-18-22-5-4-8-26(17-22)37-25-6-2-1-3-7-25/h1-18H,19-20H2,(H,32,34)/b31-18-. The predicted octanol–water partition coefficient (Wildman–Crippen LogP) is 6.24. The van der Waals surface area contributed by atoms with E-state index in [4.69, 9.17) is 16.3 Å². The van der Waals surface area contributed by atoms with E-state index in [9.17, 15) is 13.2 Å². The molecule has 0 atom stereocenters. The van der Waals surface area contributed by atoms with Gasteiger partial charge in [-0.25, -0.2) is 13.8 Å². The van der Waals surface area contributed by atoms with Gasteiger partial charge in [0.15, 0.2) is 0 Å². The Morgan fingerprint density at radius 1 is 0.921 bits per heavy atom. The van der Waals surface area contributed by atoms with Crippen molar-refractivity contribution in [3.63, 3.8) is 0 Å². The second-order valence-corrected chi connectivity index (χ2v) is 11.4. The zero-order valence-corrected chi connectivity index (χ0v) is 23.2. The highest BCUT2D eigenvalue weighted by atomic mass is 79.9. The first-order valence-corrected chi connectivity index (χ1v) is 14.1. The molecule has 0 saturated carbocycles. The smallest absolute Gasteiger partial charge is 0.255 e. The van der Waals surface area contributed by atoms with Gasteiger partial charge in [-0.2, -0.15) is 9.41 Å². The van der Waals surface area contributed by atoms with Crippen molar-refractivity contribution in [2.45, 2.75) is 11.4 Å². The number of amides is 1. The predicted molar refractivity (Wildman–Crippen MR) is 152 cm³/mol. The van der Waals surface area contributed by atoms with Crippen LogP contribution in [0.1, 0.15) is 11.1 Å². The number of halogens is 2. The number of hydrazone groups is 1. The molecule has 38 heavy (non-hydrogen) atoms. The van der Waals surface area contributed by atoms with E-state index in [0.29, 0.717) is 27.6 Å². The fraction of sp³-hybridized carbons (Fsp3) is 0.0714. The van der Waals surface area contributed by atoms with E-state index in [1.165, 1.54) is 18.3 Å². The zero-order valence-electron chi connectivity index (χ0n) is 20.0. The minimum absolute atomic E-state index is 0.0223. The summed E-state index contributed by atoms with van der Waals surface area (Å²) in [5.41, 5.74) is 3.79. The summed E-state index contributed by atoms with van der Waals surface area (Å²) in [5, 5.41) is 4.53. The van der Waals surface area contributed by atoms with Crippen LogP contribution in [-0.2, 0) is 21.4 Å². The molecular weight excluding hydrogens is 590 g/mol. The van der Waals surface area contributed by atoms with Crippen LogP contribution in [0.4, 0.5) is 0 Å². The Bertz CT molecular complexity index is 1510. The van der Waals surface area contributed by atoms with Crippen molar-refractivity contribution in [3.05, 3.63) is 124 Å². The van der Waals surface area contributed by atoms with E-state index in [-0.39, 0.29) is 11.4 Å². The summed E-state index contributed by atoms with van der Waals surface area (Å²) in [6, 6.07) is 29.5. The van der Waals surface area contributed by atoms with Crippen molar-refractivity contribution < 1.29 is 17.9 Å². The van der Waals surface area contributed by atoms with Crippen LogP contribution in [-0.4, -0.2) is 31.4 Å². The molecule has 1 amide bonds. The minimum Gasteiger partial charge on any atom is -0.457 e. The minimum atomic E-state index is -3.98. The zero-order chi connectivity index (χ0) is 27.0. The molecule has 194 valence electrons. The van der Waals surface area contributed by atoms with Crippen LogP contribution < -0.4 is 10.2 Å². The topological polar surface area (TPSA) is 88.1 Å². The van der Waals surface area contributed by atoms with Crippen LogP contribution in [0.5, 0.6) is 11.5 Å². The first-order chi connectivity index (χ1) is 18.3. The number of carbonyl (C=O) groups is 1. The average molecular weight is 613 g/mol. The molecule has 0 saturated heterocycles. The van der Waals surface area contributed by atoms with Crippen molar-refractivity contribution in [1.29, 1.82) is 0 Å². The van der Waals surface area contributed by atoms with Gasteiger partial charge in [0.25, 0.3) is 5.91 Å². The molecule has 4 rings (SSSR count). The Morgan fingerprint density at radius 3 is 2.32 bits per heavy atom. The maximum absolute atomic E-state index is 13.4. The third kappa shape index (κ3) is 7.75. The van der Waals surface area contributed by atoms with Crippen molar-refractivity contribution in [1.82, 2.24) is 9.73 Å². The van der Waals surface area contributed by atoms with Gasteiger partial charge in [0.1, 0.15) is 11.5 Å². The second kappa shape index (κ2) is 12.8. The number of hydrogen-bond acceptors (Lipinski definition) is 5. The van der Waals surface area contributed by atoms with Crippen LogP contribution in [0.3, 0.4) is 0 Å². The Kier molecular flexibility index (Phi) is 9.30.